The van der Waals surface area contributed by atoms with Gasteiger partial charge in [0.05, 0.1) is 0 Å². The van der Waals surface area contributed by atoms with Crippen molar-refractivity contribution in [1.29, 1.82) is 0 Å². The van der Waals surface area contributed by atoms with Crippen LogP contribution in [-0.2, 0) is 0 Å². The van der Waals surface area contributed by atoms with E-state index in [1.54, 1.807) is 0 Å². The second-order valence-electron chi connectivity index (χ2n) is 6.23. The fourth-order valence-electron chi connectivity index (χ4n) is 3.46. The van der Waals surface area contributed by atoms with Crippen LogP contribution in [0.4, 0.5) is 0 Å². The number of hydrogen-bond acceptors (Lipinski definition) is 0. The second-order valence-corrected chi connectivity index (χ2v) is 8.52. The Morgan fingerprint density at radius 3 is 1.64 bits per heavy atom. The highest BCUT2D eigenvalue weighted by molar-refractivity contribution is 7.73. The number of benzene rings is 3. The van der Waals surface area contributed by atoms with E-state index in [1.807, 2.05) is 0 Å². The van der Waals surface area contributed by atoms with Gasteiger partial charge in [-0.15, -0.1) is 0 Å². The van der Waals surface area contributed by atoms with Crippen molar-refractivity contribution in [1.82, 2.24) is 0 Å². The van der Waals surface area contributed by atoms with Gasteiger partial charge < -0.3 is 0 Å². The summed E-state index contributed by atoms with van der Waals surface area (Å²) in [6, 6.07) is 33.0. The summed E-state index contributed by atoms with van der Waals surface area (Å²) in [5.41, 5.74) is 3.34. The lowest BCUT2D eigenvalue weighted by Crippen LogP contribution is -2.18. The van der Waals surface area contributed by atoms with Gasteiger partial charge >= 0.3 is 0 Å². The van der Waals surface area contributed by atoms with Crippen LogP contribution in [0.1, 0.15) is 17.6 Å². The van der Waals surface area contributed by atoms with Gasteiger partial charge in [0.15, 0.2) is 0 Å². The van der Waals surface area contributed by atoms with E-state index in [2.05, 4.69) is 109 Å². The van der Waals surface area contributed by atoms with Crippen LogP contribution in [0.3, 0.4) is 0 Å². The Morgan fingerprint density at radius 1 is 0.640 bits per heavy atom. The molecule has 1 unspecified atom stereocenters. The third-order valence-corrected chi connectivity index (χ3v) is 7.45. The molecule has 1 atom stereocenters. The van der Waals surface area contributed by atoms with Crippen molar-refractivity contribution in [3.63, 3.8) is 0 Å². The zero-order valence-corrected chi connectivity index (χ0v) is 15.0. The molecule has 0 radical (unpaired) electrons. The van der Waals surface area contributed by atoms with Gasteiger partial charge in [0, 0.05) is 5.66 Å². The highest BCUT2D eigenvalue weighted by atomic mass is 31.1. The molecule has 0 aliphatic heterocycles. The largest absolute Gasteiger partial charge is 0.0804 e. The summed E-state index contributed by atoms with van der Waals surface area (Å²) in [6.45, 7) is 0. The van der Waals surface area contributed by atoms with E-state index < -0.39 is 7.92 Å². The van der Waals surface area contributed by atoms with Gasteiger partial charge in [-0.1, -0.05) is 115 Å². The highest BCUT2D eigenvalue weighted by Gasteiger charge is 2.29. The molecule has 3 aromatic carbocycles. The Kier molecular flexibility index (Phi) is 4.91. The minimum atomic E-state index is -0.510. The molecule has 0 fully saturated rings. The van der Waals surface area contributed by atoms with Crippen molar-refractivity contribution >= 4 is 18.5 Å². The Labute approximate surface area is 151 Å². The standard InChI is InChI=1S/C24H21P/c1-4-12-20(13-5-1)24(21-14-10-11-15-21)25(22-16-6-2-7-17-22)23-18-8-3-9-19-23/h1-14,16-19,24H,15H2. The van der Waals surface area contributed by atoms with Gasteiger partial charge in [-0.05, 0) is 30.5 Å². The molecule has 0 bridgehead atoms. The molecule has 1 heteroatoms. The molecule has 0 aromatic heterocycles. The summed E-state index contributed by atoms with van der Waals surface area (Å²) in [6.07, 6.45) is 7.85. The average molecular weight is 340 g/mol. The summed E-state index contributed by atoms with van der Waals surface area (Å²) >= 11 is 0. The zero-order chi connectivity index (χ0) is 16.9. The average Bonchev–Trinajstić information content (AvgIpc) is 3.22. The van der Waals surface area contributed by atoms with Crippen molar-refractivity contribution in [2.45, 2.75) is 12.1 Å². The van der Waals surface area contributed by atoms with Crippen molar-refractivity contribution in [2.75, 3.05) is 0 Å². The zero-order valence-electron chi connectivity index (χ0n) is 14.1. The molecule has 0 spiro atoms. The lowest BCUT2D eigenvalue weighted by atomic mass is 10.0. The maximum atomic E-state index is 2.32. The topological polar surface area (TPSA) is 0 Å². The minimum absolute atomic E-state index is 0.413. The molecule has 3 aromatic rings. The van der Waals surface area contributed by atoms with Crippen LogP contribution in [0.25, 0.3) is 0 Å². The third-order valence-electron chi connectivity index (χ3n) is 4.59. The molecule has 0 N–H and O–H groups in total. The van der Waals surface area contributed by atoms with E-state index in [0.717, 1.165) is 6.42 Å². The number of rotatable bonds is 5. The number of hydrogen-bond donors (Lipinski definition) is 0. The summed E-state index contributed by atoms with van der Waals surface area (Å²) in [5, 5.41) is 2.87. The first kappa shape index (κ1) is 16.1. The van der Waals surface area contributed by atoms with Gasteiger partial charge in [-0.3, -0.25) is 0 Å². The molecule has 25 heavy (non-hydrogen) atoms. The molecule has 1 aliphatic carbocycles. The monoisotopic (exact) mass is 340 g/mol. The summed E-state index contributed by atoms with van der Waals surface area (Å²) in [5.74, 6) is 0. The van der Waals surface area contributed by atoms with Crippen molar-refractivity contribution < 1.29 is 0 Å². The molecule has 0 amide bonds. The van der Waals surface area contributed by atoms with Gasteiger partial charge in [-0.2, -0.15) is 0 Å². The number of allylic oxidation sites excluding steroid dienone is 4. The predicted molar refractivity (Wildman–Crippen MR) is 110 cm³/mol. The lowest BCUT2D eigenvalue weighted by Gasteiger charge is -2.30. The smallest absolute Gasteiger partial charge is 0.0337 e. The third kappa shape index (κ3) is 3.50. The van der Waals surface area contributed by atoms with Crippen molar-refractivity contribution in [2.24, 2.45) is 0 Å². The van der Waals surface area contributed by atoms with Crippen LogP contribution in [0.5, 0.6) is 0 Å². The molecular weight excluding hydrogens is 319 g/mol. The fourth-order valence-corrected chi connectivity index (χ4v) is 6.33. The Hall–Kier alpha value is -2.43. The quantitative estimate of drug-likeness (QED) is 0.519. The van der Waals surface area contributed by atoms with Crippen LogP contribution in [0.15, 0.2) is 115 Å². The maximum absolute atomic E-state index is 2.32. The van der Waals surface area contributed by atoms with Crippen LogP contribution >= 0.6 is 7.92 Å². The van der Waals surface area contributed by atoms with Crippen LogP contribution in [-0.4, -0.2) is 0 Å². The Bertz CT molecular complexity index is 824. The molecule has 0 saturated heterocycles. The molecule has 122 valence electrons. The first-order valence-corrected chi connectivity index (χ1v) is 10.1. The first-order chi connectivity index (χ1) is 12.4. The van der Waals surface area contributed by atoms with E-state index in [1.165, 1.54) is 21.7 Å². The van der Waals surface area contributed by atoms with E-state index in [0.29, 0.717) is 5.66 Å². The summed E-state index contributed by atoms with van der Waals surface area (Å²) < 4.78 is 0. The second kappa shape index (κ2) is 7.64. The minimum Gasteiger partial charge on any atom is -0.0804 e. The SMILES string of the molecule is C1=CCC(C(c2ccccc2)P(c2ccccc2)c2ccccc2)=C1. The first-order valence-electron chi connectivity index (χ1n) is 8.73. The molecule has 1 aliphatic rings. The van der Waals surface area contributed by atoms with Gasteiger partial charge in [0.1, 0.15) is 0 Å². The molecule has 0 saturated carbocycles. The van der Waals surface area contributed by atoms with Crippen LogP contribution < -0.4 is 10.6 Å². The fraction of sp³-hybridized carbons (Fsp3) is 0.0833. The van der Waals surface area contributed by atoms with Crippen LogP contribution in [0.2, 0.25) is 0 Å². The van der Waals surface area contributed by atoms with Crippen molar-refractivity contribution in [3.8, 4) is 0 Å². The van der Waals surface area contributed by atoms with Gasteiger partial charge in [0.25, 0.3) is 0 Å². The molecule has 0 nitrogen and oxygen atoms in total. The predicted octanol–water partition coefficient (Wildman–Crippen LogP) is 5.75. The lowest BCUT2D eigenvalue weighted by molar-refractivity contribution is 1.05. The normalized spacial score (nSPS) is 14.5. The van der Waals surface area contributed by atoms with Crippen LogP contribution in [0, 0.1) is 0 Å². The Balaban J connectivity index is 1.88. The highest BCUT2D eigenvalue weighted by Crippen LogP contribution is 2.54. The maximum Gasteiger partial charge on any atom is 0.0337 e. The summed E-state index contributed by atoms with van der Waals surface area (Å²) in [7, 11) is -0.510. The Morgan fingerprint density at radius 2 is 1.16 bits per heavy atom. The van der Waals surface area contributed by atoms with Gasteiger partial charge in [0.2, 0.25) is 0 Å². The van der Waals surface area contributed by atoms with E-state index in [4.69, 9.17) is 0 Å². The molecule has 0 heterocycles. The molecule has 4 rings (SSSR count). The molecular formula is C24H21P. The van der Waals surface area contributed by atoms with E-state index in [9.17, 15) is 0 Å². The van der Waals surface area contributed by atoms with Gasteiger partial charge in [-0.25, -0.2) is 0 Å². The van der Waals surface area contributed by atoms with E-state index >= 15 is 0 Å². The summed E-state index contributed by atoms with van der Waals surface area (Å²) in [4.78, 5) is 0. The van der Waals surface area contributed by atoms with E-state index in [-0.39, 0.29) is 0 Å². The van der Waals surface area contributed by atoms with Crippen molar-refractivity contribution in [3.05, 3.63) is 120 Å².